The topological polar surface area (TPSA) is 61.0 Å². The summed E-state index contributed by atoms with van der Waals surface area (Å²) in [6.07, 6.45) is 1.52. The second-order valence-electron chi connectivity index (χ2n) is 3.27. The molecule has 1 aromatic heterocycles. The lowest BCUT2D eigenvalue weighted by molar-refractivity contribution is 0.399. The van der Waals surface area contributed by atoms with Crippen molar-refractivity contribution in [3.63, 3.8) is 0 Å². The molecule has 2 N–H and O–H groups in total. The smallest absolute Gasteiger partial charge is 0.257 e. The van der Waals surface area contributed by atoms with Gasteiger partial charge in [0.1, 0.15) is 0 Å². The minimum absolute atomic E-state index is 0.231. The highest BCUT2D eigenvalue weighted by molar-refractivity contribution is 6.35. The molecule has 0 spiro atoms. The van der Waals surface area contributed by atoms with Gasteiger partial charge in [-0.1, -0.05) is 23.2 Å². The first-order chi connectivity index (χ1) is 8.11. The molecular weight excluding hydrogens is 261 g/mol. The maximum atomic E-state index is 6.07. The Morgan fingerprint density at radius 3 is 2.76 bits per heavy atom. The molecule has 88 valence electrons. The first-order valence-corrected chi connectivity index (χ1v) is 5.49. The summed E-state index contributed by atoms with van der Waals surface area (Å²) in [4.78, 5) is 8.20. The molecule has 0 unspecified atom stereocenters. The van der Waals surface area contributed by atoms with Gasteiger partial charge in [0.25, 0.3) is 5.88 Å². The van der Waals surface area contributed by atoms with Crippen molar-refractivity contribution < 1.29 is 4.74 Å². The highest BCUT2D eigenvalue weighted by Crippen LogP contribution is 2.30. The summed E-state index contributed by atoms with van der Waals surface area (Å²) in [5, 5.41) is 1.11. The van der Waals surface area contributed by atoms with Crippen molar-refractivity contribution >= 4 is 29.0 Å². The number of benzene rings is 1. The molecule has 2 rings (SSSR count). The second kappa shape index (κ2) is 4.77. The molecule has 0 radical (unpaired) electrons. The number of nitrogens with two attached hydrogens (primary N) is 1. The van der Waals surface area contributed by atoms with Crippen molar-refractivity contribution in [2.45, 2.75) is 0 Å². The lowest BCUT2D eigenvalue weighted by Gasteiger charge is -2.07. The summed E-state index contributed by atoms with van der Waals surface area (Å²) < 4.78 is 5.00. The summed E-state index contributed by atoms with van der Waals surface area (Å²) in [6, 6.07) is 5.11. The number of anilines is 1. The number of methoxy groups -OCH3 is 1. The molecule has 0 aliphatic heterocycles. The maximum absolute atomic E-state index is 6.07. The number of rotatable bonds is 2. The van der Waals surface area contributed by atoms with Crippen LogP contribution in [0.1, 0.15) is 0 Å². The summed E-state index contributed by atoms with van der Waals surface area (Å²) in [6.45, 7) is 0. The minimum atomic E-state index is 0.231. The van der Waals surface area contributed by atoms with E-state index in [2.05, 4.69) is 9.97 Å². The standard InChI is InChI=1S/C11H9Cl2N3O/c1-17-11-10(14)15-5-9(16-11)7-4-6(12)2-3-8(7)13/h2-5H,1H3,(H2,14,15). The Kier molecular flexibility index (Phi) is 3.36. The van der Waals surface area contributed by atoms with Crippen molar-refractivity contribution in [2.24, 2.45) is 0 Å². The quantitative estimate of drug-likeness (QED) is 0.911. The molecule has 1 heterocycles. The van der Waals surface area contributed by atoms with E-state index in [1.807, 2.05) is 0 Å². The third-order valence-electron chi connectivity index (χ3n) is 2.16. The van der Waals surface area contributed by atoms with E-state index in [1.165, 1.54) is 13.3 Å². The van der Waals surface area contributed by atoms with Gasteiger partial charge in [0.05, 0.1) is 24.0 Å². The number of aromatic nitrogens is 2. The van der Waals surface area contributed by atoms with Crippen LogP contribution in [0.3, 0.4) is 0 Å². The Morgan fingerprint density at radius 1 is 1.29 bits per heavy atom. The molecule has 0 saturated heterocycles. The first-order valence-electron chi connectivity index (χ1n) is 4.73. The van der Waals surface area contributed by atoms with Crippen LogP contribution in [0.2, 0.25) is 10.0 Å². The Bertz CT molecular complexity index is 560. The van der Waals surface area contributed by atoms with Gasteiger partial charge >= 0.3 is 0 Å². The molecule has 4 nitrogen and oxygen atoms in total. The van der Waals surface area contributed by atoms with Crippen LogP contribution in [-0.4, -0.2) is 17.1 Å². The molecule has 2 aromatic rings. The van der Waals surface area contributed by atoms with Crippen LogP contribution >= 0.6 is 23.2 Å². The zero-order valence-electron chi connectivity index (χ0n) is 8.95. The predicted molar refractivity (Wildman–Crippen MR) is 68.5 cm³/mol. The van der Waals surface area contributed by atoms with Gasteiger partial charge in [0.15, 0.2) is 5.82 Å². The third kappa shape index (κ3) is 2.43. The Morgan fingerprint density at radius 2 is 2.06 bits per heavy atom. The van der Waals surface area contributed by atoms with Crippen molar-refractivity contribution in [1.29, 1.82) is 0 Å². The van der Waals surface area contributed by atoms with Gasteiger partial charge in [-0.25, -0.2) is 9.97 Å². The van der Waals surface area contributed by atoms with Crippen molar-refractivity contribution in [1.82, 2.24) is 9.97 Å². The molecule has 0 saturated carbocycles. The lowest BCUT2D eigenvalue weighted by Crippen LogP contribution is -1.99. The van der Waals surface area contributed by atoms with E-state index in [9.17, 15) is 0 Å². The lowest BCUT2D eigenvalue weighted by atomic mass is 10.1. The summed E-state index contributed by atoms with van der Waals surface area (Å²) in [7, 11) is 1.48. The van der Waals surface area contributed by atoms with Gasteiger partial charge in [-0.05, 0) is 18.2 Å². The second-order valence-corrected chi connectivity index (χ2v) is 4.12. The molecule has 0 amide bonds. The fourth-order valence-corrected chi connectivity index (χ4v) is 1.74. The van der Waals surface area contributed by atoms with Crippen LogP contribution < -0.4 is 10.5 Å². The molecule has 1 aromatic carbocycles. The van der Waals surface area contributed by atoms with Crippen molar-refractivity contribution in [2.75, 3.05) is 12.8 Å². The number of hydrogen-bond donors (Lipinski definition) is 1. The molecule has 0 aliphatic rings. The van der Waals surface area contributed by atoms with Crippen LogP contribution in [0.25, 0.3) is 11.3 Å². The van der Waals surface area contributed by atoms with Crippen LogP contribution in [0.5, 0.6) is 5.88 Å². The van der Waals surface area contributed by atoms with Gasteiger partial charge in [0.2, 0.25) is 0 Å². The normalized spacial score (nSPS) is 10.3. The molecule has 0 aliphatic carbocycles. The molecule has 17 heavy (non-hydrogen) atoms. The highest BCUT2D eigenvalue weighted by atomic mass is 35.5. The van der Waals surface area contributed by atoms with Gasteiger partial charge in [0, 0.05) is 10.6 Å². The Hall–Kier alpha value is -1.52. The number of nitrogens with zero attached hydrogens (tertiary/aromatic N) is 2. The largest absolute Gasteiger partial charge is 0.478 e. The predicted octanol–water partition coefficient (Wildman–Crippen LogP) is 3.04. The fraction of sp³-hybridized carbons (Fsp3) is 0.0909. The van der Waals surface area contributed by atoms with E-state index in [-0.39, 0.29) is 11.7 Å². The zero-order chi connectivity index (χ0) is 12.4. The monoisotopic (exact) mass is 269 g/mol. The number of ether oxygens (including phenoxy) is 1. The number of halogens is 2. The van der Waals surface area contributed by atoms with Crippen LogP contribution in [0, 0.1) is 0 Å². The zero-order valence-corrected chi connectivity index (χ0v) is 10.5. The third-order valence-corrected chi connectivity index (χ3v) is 2.73. The first kappa shape index (κ1) is 12.0. The van der Waals surface area contributed by atoms with Gasteiger partial charge in [-0.2, -0.15) is 0 Å². The Balaban J connectivity index is 2.56. The summed E-state index contributed by atoms with van der Waals surface area (Å²) >= 11 is 12.0. The van der Waals surface area contributed by atoms with E-state index in [4.69, 9.17) is 33.7 Å². The SMILES string of the molecule is COc1nc(-c2cc(Cl)ccc2Cl)cnc1N. The molecule has 6 heteroatoms. The van der Waals surface area contributed by atoms with Gasteiger partial charge in [-0.3, -0.25) is 0 Å². The van der Waals surface area contributed by atoms with E-state index in [1.54, 1.807) is 18.2 Å². The van der Waals surface area contributed by atoms with E-state index in [0.717, 1.165) is 0 Å². The van der Waals surface area contributed by atoms with Gasteiger partial charge < -0.3 is 10.5 Å². The maximum Gasteiger partial charge on any atom is 0.257 e. The Labute approximate surface area is 108 Å². The number of hydrogen-bond acceptors (Lipinski definition) is 4. The van der Waals surface area contributed by atoms with Crippen LogP contribution in [-0.2, 0) is 0 Å². The molecule has 0 atom stereocenters. The average Bonchev–Trinajstić information content (AvgIpc) is 2.33. The fourth-order valence-electron chi connectivity index (χ4n) is 1.36. The van der Waals surface area contributed by atoms with Crippen LogP contribution in [0.4, 0.5) is 5.82 Å². The summed E-state index contributed by atoms with van der Waals surface area (Å²) in [5.41, 5.74) is 6.83. The van der Waals surface area contributed by atoms with Crippen molar-refractivity contribution in [3.05, 3.63) is 34.4 Å². The highest BCUT2D eigenvalue weighted by Gasteiger charge is 2.10. The minimum Gasteiger partial charge on any atom is -0.478 e. The number of nitrogen functional groups attached to an aromatic ring is 1. The van der Waals surface area contributed by atoms with Crippen molar-refractivity contribution in [3.8, 4) is 17.1 Å². The van der Waals surface area contributed by atoms with E-state index >= 15 is 0 Å². The van der Waals surface area contributed by atoms with E-state index < -0.39 is 0 Å². The average molecular weight is 270 g/mol. The molecule has 0 fully saturated rings. The molecule has 0 bridgehead atoms. The van der Waals surface area contributed by atoms with Crippen LogP contribution in [0.15, 0.2) is 24.4 Å². The molecular formula is C11H9Cl2N3O. The van der Waals surface area contributed by atoms with E-state index in [0.29, 0.717) is 21.3 Å². The summed E-state index contributed by atoms with van der Waals surface area (Å²) in [5.74, 6) is 0.493. The van der Waals surface area contributed by atoms with Gasteiger partial charge in [-0.15, -0.1) is 0 Å².